The number of hydrogen-bond acceptors (Lipinski definition) is 4. The molecule has 4 rings (SSSR count). The summed E-state index contributed by atoms with van der Waals surface area (Å²) in [4.78, 5) is 4.66. The van der Waals surface area contributed by atoms with Crippen LogP contribution < -0.4 is 9.64 Å². The minimum Gasteiger partial charge on any atom is -0.497 e. The molecule has 1 heterocycles. The molecule has 1 fully saturated rings. The summed E-state index contributed by atoms with van der Waals surface area (Å²) in [5, 5.41) is -0.424. The summed E-state index contributed by atoms with van der Waals surface area (Å²) in [6, 6.07) is 20.2. The molecule has 174 valence electrons. The van der Waals surface area contributed by atoms with Crippen LogP contribution in [0.4, 0.5) is 14.5 Å². The van der Waals surface area contributed by atoms with E-state index in [4.69, 9.17) is 4.74 Å². The number of hydrogen-bond donors (Lipinski definition) is 0. The maximum Gasteiger partial charge on any atom is 0.123 e. The highest BCUT2D eigenvalue weighted by molar-refractivity contribution is 7.85. The first kappa shape index (κ1) is 23.4. The number of nitrogens with zero attached hydrogens (tertiary/aromatic N) is 2. The molecule has 3 aromatic rings. The van der Waals surface area contributed by atoms with Gasteiger partial charge in [0.1, 0.15) is 17.4 Å². The highest BCUT2D eigenvalue weighted by Crippen LogP contribution is 2.29. The predicted molar refractivity (Wildman–Crippen MR) is 129 cm³/mol. The maximum absolute atomic E-state index is 13.4. The van der Waals surface area contributed by atoms with Crippen LogP contribution >= 0.6 is 0 Å². The molecule has 4 nitrogen and oxygen atoms in total. The molecule has 0 aliphatic carbocycles. The summed E-state index contributed by atoms with van der Waals surface area (Å²) in [5.74, 6) is 0.660. The summed E-state index contributed by atoms with van der Waals surface area (Å²) < 4.78 is 45.5. The molecule has 7 heteroatoms. The number of halogens is 2. The van der Waals surface area contributed by atoms with Crippen molar-refractivity contribution in [2.45, 2.75) is 5.25 Å². The Morgan fingerprint density at radius 2 is 1.33 bits per heavy atom. The van der Waals surface area contributed by atoms with E-state index in [0.29, 0.717) is 12.3 Å². The van der Waals surface area contributed by atoms with Gasteiger partial charge in [-0.1, -0.05) is 24.3 Å². The zero-order chi connectivity index (χ0) is 23.2. The van der Waals surface area contributed by atoms with Crippen molar-refractivity contribution in [3.8, 4) is 5.75 Å². The van der Waals surface area contributed by atoms with E-state index in [-0.39, 0.29) is 11.6 Å². The molecule has 0 N–H and O–H groups in total. The number of benzene rings is 3. The Balaban J connectivity index is 1.37. The summed E-state index contributed by atoms with van der Waals surface area (Å²) in [5.41, 5.74) is 2.71. The van der Waals surface area contributed by atoms with E-state index in [2.05, 4.69) is 21.9 Å². The van der Waals surface area contributed by atoms with Gasteiger partial charge in [0.05, 0.1) is 12.4 Å². The molecular weight excluding hydrogens is 442 g/mol. The van der Waals surface area contributed by atoms with Gasteiger partial charge >= 0.3 is 0 Å². The van der Waals surface area contributed by atoms with Crippen LogP contribution in [0.3, 0.4) is 0 Å². The summed E-state index contributed by atoms with van der Waals surface area (Å²) in [6.07, 6.45) is 0. The normalized spacial score (nSPS) is 15.6. The third-order valence-corrected chi connectivity index (χ3v) is 7.68. The molecule has 1 saturated heterocycles. The first-order valence-corrected chi connectivity index (χ1v) is 12.4. The van der Waals surface area contributed by atoms with Crippen molar-refractivity contribution in [2.75, 3.05) is 50.5 Å². The Bertz CT molecular complexity index is 1010. The fourth-order valence-electron chi connectivity index (χ4n) is 4.13. The largest absolute Gasteiger partial charge is 0.497 e. The van der Waals surface area contributed by atoms with E-state index < -0.39 is 16.0 Å². The zero-order valence-electron chi connectivity index (χ0n) is 18.6. The number of rotatable bonds is 8. The zero-order valence-corrected chi connectivity index (χ0v) is 19.4. The van der Waals surface area contributed by atoms with Gasteiger partial charge in [-0.15, -0.1) is 0 Å². The van der Waals surface area contributed by atoms with Crippen molar-refractivity contribution in [1.29, 1.82) is 0 Å². The Hall–Kier alpha value is -2.77. The Kier molecular flexibility index (Phi) is 7.73. The van der Waals surface area contributed by atoms with E-state index in [1.165, 1.54) is 30.0 Å². The smallest absolute Gasteiger partial charge is 0.123 e. The summed E-state index contributed by atoms with van der Waals surface area (Å²) in [6.45, 7) is 4.29. The monoisotopic (exact) mass is 470 g/mol. The van der Waals surface area contributed by atoms with Crippen LogP contribution in [0.25, 0.3) is 0 Å². The first-order chi connectivity index (χ1) is 16.0. The molecule has 0 aromatic heterocycles. The lowest BCUT2D eigenvalue weighted by molar-refractivity contribution is 0.272. The van der Waals surface area contributed by atoms with Crippen molar-refractivity contribution >= 4 is 16.5 Å². The van der Waals surface area contributed by atoms with Gasteiger partial charge in [0.2, 0.25) is 0 Å². The van der Waals surface area contributed by atoms with E-state index >= 15 is 0 Å². The second-order valence-corrected chi connectivity index (χ2v) is 9.74. The number of piperazine rings is 1. The summed E-state index contributed by atoms with van der Waals surface area (Å²) >= 11 is 0. The lowest BCUT2D eigenvalue weighted by Gasteiger charge is -2.36. The number of ether oxygens (including phenoxy) is 1. The van der Waals surface area contributed by atoms with Gasteiger partial charge in [-0.25, -0.2) is 8.78 Å². The number of anilines is 1. The van der Waals surface area contributed by atoms with E-state index in [1.54, 1.807) is 31.4 Å². The molecule has 3 aromatic carbocycles. The fourth-order valence-corrected chi connectivity index (χ4v) is 5.73. The molecule has 1 atom stereocenters. The average Bonchev–Trinajstić information content (AvgIpc) is 2.85. The van der Waals surface area contributed by atoms with Crippen molar-refractivity contribution in [3.63, 3.8) is 0 Å². The molecule has 0 bridgehead atoms. The van der Waals surface area contributed by atoms with Gasteiger partial charge < -0.3 is 9.64 Å². The molecule has 1 unspecified atom stereocenters. The van der Waals surface area contributed by atoms with Gasteiger partial charge in [-0.3, -0.25) is 9.11 Å². The molecular formula is C26H28F2N2O2S. The van der Waals surface area contributed by atoms with Crippen LogP contribution in [-0.4, -0.2) is 54.7 Å². The summed E-state index contributed by atoms with van der Waals surface area (Å²) in [7, 11) is 0.424. The minimum atomic E-state index is -1.24. The van der Waals surface area contributed by atoms with Gasteiger partial charge in [0.25, 0.3) is 0 Å². The molecule has 33 heavy (non-hydrogen) atoms. The van der Waals surface area contributed by atoms with Crippen molar-refractivity contribution in [3.05, 3.63) is 95.6 Å². The van der Waals surface area contributed by atoms with Gasteiger partial charge in [0.15, 0.2) is 0 Å². The standard InChI is InChI=1S/C26H28F2N2O2S/c1-32-25-12-10-24(11-13-25)30-16-14-29(15-17-30)18-19-33(31)26(20-2-6-22(27)7-3-20)21-4-8-23(28)9-5-21/h2-13,26H,14-19H2,1H3. The quantitative estimate of drug-likeness (QED) is 0.481. The Morgan fingerprint density at radius 3 is 1.82 bits per heavy atom. The van der Waals surface area contributed by atoms with Crippen LogP contribution in [0.1, 0.15) is 16.4 Å². The molecule has 0 amide bonds. The van der Waals surface area contributed by atoms with Crippen molar-refractivity contribution in [2.24, 2.45) is 0 Å². The van der Waals surface area contributed by atoms with Crippen molar-refractivity contribution in [1.82, 2.24) is 4.90 Å². The third kappa shape index (κ3) is 5.97. The van der Waals surface area contributed by atoms with Crippen LogP contribution in [0, 0.1) is 11.6 Å². The van der Waals surface area contributed by atoms with E-state index in [0.717, 1.165) is 43.1 Å². The fraction of sp³-hybridized carbons (Fsp3) is 0.308. The van der Waals surface area contributed by atoms with E-state index in [9.17, 15) is 13.0 Å². The lowest BCUT2D eigenvalue weighted by Crippen LogP contribution is -2.47. The Labute approximate surface area is 196 Å². The average molecular weight is 471 g/mol. The second kappa shape index (κ2) is 10.9. The third-order valence-electron chi connectivity index (χ3n) is 6.03. The minimum absolute atomic E-state index is 0.336. The molecule has 0 saturated carbocycles. The molecule has 1 aliphatic heterocycles. The second-order valence-electron chi connectivity index (χ2n) is 8.09. The van der Waals surface area contributed by atoms with Gasteiger partial charge in [0, 0.05) is 55.0 Å². The SMILES string of the molecule is COc1ccc(N2CCN(CCS(=O)C(c3ccc(F)cc3)c3ccc(F)cc3)CC2)cc1. The van der Waals surface area contributed by atoms with Crippen LogP contribution in [-0.2, 0) is 10.8 Å². The molecule has 1 aliphatic rings. The maximum atomic E-state index is 13.4. The molecule has 0 spiro atoms. The Morgan fingerprint density at radius 1 is 0.818 bits per heavy atom. The van der Waals surface area contributed by atoms with E-state index in [1.807, 2.05) is 12.1 Å². The van der Waals surface area contributed by atoms with Gasteiger partial charge in [-0.2, -0.15) is 0 Å². The van der Waals surface area contributed by atoms with Crippen LogP contribution in [0.5, 0.6) is 5.75 Å². The van der Waals surface area contributed by atoms with Gasteiger partial charge in [-0.05, 0) is 59.7 Å². The predicted octanol–water partition coefficient (Wildman–Crippen LogP) is 4.63. The first-order valence-electron chi connectivity index (χ1n) is 11.0. The van der Waals surface area contributed by atoms with Crippen LogP contribution in [0.15, 0.2) is 72.8 Å². The highest BCUT2D eigenvalue weighted by Gasteiger charge is 2.23. The molecule has 0 radical (unpaired) electrons. The van der Waals surface area contributed by atoms with Crippen LogP contribution in [0.2, 0.25) is 0 Å². The number of methoxy groups -OCH3 is 1. The topological polar surface area (TPSA) is 32.8 Å². The van der Waals surface area contributed by atoms with Crippen molar-refractivity contribution < 1.29 is 17.7 Å². The lowest BCUT2D eigenvalue weighted by atomic mass is 10.0. The highest BCUT2D eigenvalue weighted by atomic mass is 32.2.